The van der Waals surface area contributed by atoms with Crippen molar-refractivity contribution in [3.63, 3.8) is 0 Å². The van der Waals surface area contributed by atoms with Crippen LogP contribution >= 0.6 is 0 Å². The second-order valence-corrected chi connectivity index (χ2v) is 7.63. The van der Waals surface area contributed by atoms with Crippen molar-refractivity contribution in [2.45, 2.75) is 39.1 Å². The molecule has 1 fully saturated rings. The van der Waals surface area contributed by atoms with E-state index in [2.05, 4.69) is 23.9 Å². The van der Waals surface area contributed by atoms with Crippen LogP contribution in [0.2, 0.25) is 0 Å². The maximum Gasteiger partial charge on any atom is 0.338 e. The fourth-order valence-electron chi connectivity index (χ4n) is 3.42. The third kappa shape index (κ3) is 3.68. The lowest BCUT2D eigenvalue weighted by molar-refractivity contribution is -0.181. The van der Waals surface area contributed by atoms with Crippen LogP contribution in [0.4, 0.5) is 0 Å². The van der Waals surface area contributed by atoms with Crippen LogP contribution in [0.15, 0.2) is 67.3 Å². The van der Waals surface area contributed by atoms with E-state index in [0.29, 0.717) is 18.6 Å². The van der Waals surface area contributed by atoms with Gasteiger partial charge in [0.1, 0.15) is 18.8 Å². The summed E-state index contributed by atoms with van der Waals surface area (Å²) in [6, 6.07) is 17.3. The lowest BCUT2D eigenvalue weighted by Gasteiger charge is -2.50. The molecule has 0 saturated heterocycles. The molecule has 3 aromatic rings. The Hall–Kier alpha value is -2.99. The Morgan fingerprint density at radius 2 is 1.96 bits per heavy atom. The van der Waals surface area contributed by atoms with E-state index in [4.69, 9.17) is 9.47 Å². The quantitative estimate of drug-likeness (QED) is 0.611. The average molecular weight is 377 g/mol. The van der Waals surface area contributed by atoms with Crippen molar-refractivity contribution in [1.29, 1.82) is 0 Å². The molecule has 0 radical (unpaired) electrons. The third-order valence-electron chi connectivity index (χ3n) is 5.40. The summed E-state index contributed by atoms with van der Waals surface area (Å²) < 4.78 is 13.4. The highest BCUT2D eigenvalue weighted by Gasteiger charge is 2.51. The van der Waals surface area contributed by atoms with Gasteiger partial charge < -0.3 is 9.47 Å². The zero-order valence-electron chi connectivity index (χ0n) is 16.0. The number of carbonyl (C=O) groups excluding carboxylic acids is 1. The van der Waals surface area contributed by atoms with Crippen molar-refractivity contribution >= 4 is 5.97 Å². The number of rotatable bonds is 6. The number of nitrogens with zero attached hydrogens (tertiary/aromatic N) is 3. The predicted molar refractivity (Wildman–Crippen MR) is 104 cm³/mol. The van der Waals surface area contributed by atoms with E-state index in [0.717, 1.165) is 11.3 Å². The summed E-state index contributed by atoms with van der Waals surface area (Å²) >= 11 is 0. The number of carbonyl (C=O) groups is 1. The number of esters is 1. The molecular weight excluding hydrogens is 354 g/mol. The van der Waals surface area contributed by atoms with E-state index >= 15 is 0 Å². The molecule has 0 aliphatic heterocycles. The van der Waals surface area contributed by atoms with Gasteiger partial charge in [0.05, 0.1) is 24.0 Å². The second-order valence-electron chi connectivity index (χ2n) is 7.63. The van der Waals surface area contributed by atoms with E-state index in [1.165, 1.54) is 6.33 Å². The van der Waals surface area contributed by atoms with Crippen LogP contribution in [0.1, 0.15) is 36.2 Å². The first-order valence-electron chi connectivity index (χ1n) is 9.35. The zero-order chi connectivity index (χ0) is 19.6. The molecular formula is C22H23N3O3. The van der Waals surface area contributed by atoms with Crippen molar-refractivity contribution in [2.24, 2.45) is 5.41 Å². The van der Waals surface area contributed by atoms with Gasteiger partial charge in [-0.15, -0.1) is 0 Å². The number of benzene rings is 2. The van der Waals surface area contributed by atoms with Crippen LogP contribution in [0.3, 0.4) is 0 Å². The van der Waals surface area contributed by atoms with E-state index < -0.39 is 0 Å². The molecule has 6 nitrogen and oxygen atoms in total. The van der Waals surface area contributed by atoms with Crippen LogP contribution in [0, 0.1) is 5.41 Å². The fraction of sp³-hybridized carbons (Fsp3) is 0.318. The normalized spacial score (nSPS) is 20.4. The minimum Gasteiger partial charge on any atom is -0.458 e. The van der Waals surface area contributed by atoms with Gasteiger partial charge in [-0.05, 0) is 23.8 Å². The molecule has 0 amide bonds. The topological polar surface area (TPSA) is 66.2 Å². The van der Waals surface area contributed by atoms with Crippen LogP contribution in [0.5, 0.6) is 0 Å². The number of hydrogen-bond donors (Lipinski definition) is 0. The Morgan fingerprint density at radius 3 is 2.68 bits per heavy atom. The molecule has 2 atom stereocenters. The molecule has 0 bridgehead atoms. The molecule has 4 rings (SSSR count). The van der Waals surface area contributed by atoms with Crippen LogP contribution in [0.25, 0.3) is 5.69 Å². The lowest BCUT2D eigenvalue weighted by Crippen LogP contribution is -2.56. The lowest BCUT2D eigenvalue weighted by atomic mass is 9.66. The predicted octanol–water partition coefficient (Wildman–Crippen LogP) is 3.81. The molecule has 1 aliphatic carbocycles. The fourth-order valence-corrected chi connectivity index (χ4v) is 3.42. The molecule has 1 saturated carbocycles. The molecule has 0 spiro atoms. The molecule has 1 aliphatic rings. The van der Waals surface area contributed by atoms with Crippen LogP contribution < -0.4 is 0 Å². The third-order valence-corrected chi connectivity index (χ3v) is 5.40. The number of ether oxygens (including phenoxy) is 2. The van der Waals surface area contributed by atoms with Gasteiger partial charge in [-0.25, -0.2) is 14.5 Å². The first kappa shape index (κ1) is 18.4. The smallest absolute Gasteiger partial charge is 0.338 e. The zero-order valence-corrected chi connectivity index (χ0v) is 16.0. The van der Waals surface area contributed by atoms with Gasteiger partial charge in [-0.3, -0.25) is 0 Å². The second kappa shape index (κ2) is 7.56. The maximum atomic E-state index is 12.6. The Balaban J connectivity index is 1.36. The number of hydrogen-bond acceptors (Lipinski definition) is 5. The number of aromatic nitrogens is 3. The van der Waals surface area contributed by atoms with Gasteiger partial charge in [-0.1, -0.05) is 50.2 Å². The summed E-state index contributed by atoms with van der Waals surface area (Å²) in [5.74, 6) is -0.332. The van der Waals surface area contributed by atoms with Crippen LogP contribution in [-0.2, 0) is 16.1 Å². The first-order valence-corrected chi connectivity index (χ1v) is 9.35. The van der Waals surface area contributed by atoms with Crippen molar-refractivity contribution in [1.82, 2.24) is 14.8 Å². The van der Waals surface area contributed by atoms with Gasteiger partial charge in [-0.2, -0.15) is 5.10 Å². The highest BCUT2D eigenvalue weighted by molar-refractivity contribution is 5.90. The summed E-state index contributed by atoms with van der Waals surface area (Å²) in [7, 11) is 0. The van der Waals surface area contributed by atoms with Gasteiger partial charge >= 0.3 is 5.97 Å². The Kier molecular flexibility index (Phi) is 4.96. The summed E-state index contributed by atoms with van der Waals surface area (Å²) in [5.41, 5.74) is 2.18. The Bertz CT molecular complexity index is 939. The molecule has 2 aromatic carbocycles. The van der Waals surface area contributed by atoms with E-state index in [1.807, 2.05) is 42.5 Å². The maximum absolute atomic E-state index is 12.6. The van der Waals surface area contributed by atoms with E-state index in [9.17, 15) is 4.79 Å². The molecule has 6 heteroatoms. The largest absolute Gasteiger partial charge is 0.458 e. The minimum absolute atomic E-state index is 0.0620. The monoisotopic (exact) mass is 377 g/mol. The molecule has 1 aromatic heterocycles. The first-order chi connectivity index (χ1) is 13.5. The molecule has 1 heterocycles. The molecule has 144 valence electrons. The van der Waals surface area contributed by atoms with Crippen molar-refractivity contribution < 1.29 is 14.3 Å². The van der Waals surface area contributed by atoms with E-state index in [1.54, 1.807) is 23.1 Å². The standard InChI is InChI=1S/C22H23N3O3/c1-22(2)19(27-13-16-7-4-3-5-8-16)12-20(22)28-21(26)17-9-6-10-18(11-17)25-15-23-14-24-25/h3-11,14-15,19-20H,12-13H2,1-2H3/t19-,20-/m1/s1. The Morgan fingerprint density at radius 1 is 1.14 bits per heavy atom. The van der Waals surface area contributed by atoms with Gasteiger partial charge in [0.25, 0.3) is 0 Å². The summed E-state index contributed by atoms with van der Waals surface area (Å²) in [5, 5.41) is 4.09. The van der Waals surface area contributed by atoms with Gasteiger partial charge in [0.2, 0.25) is 0 Å². The minimum atomic E-state index is -0.332. The Labute approximate surface area is 164 Å². The highest BCUT2D eigenvalue weighted by Crippen LogP contribution is 2.45. The highest BCUT2D eigenvalue weighted by atomic mass is 16.6. The van der Waals surface area contributed by atoms with E-state index in [-0.39, 0.29) is 23.6 Å². The van der Waals surface area contributed by atoms with Crippen molar-refractivity contribution in [3.05, 3.63) is 78.4 Å². The van der Waals surface area contributed by atoms with Crippen molar-refractivity contribution in [3.8, 4) is 5.69 Å². The SMILES string of the molecule is CC1(C)[C@H](OCc2ccccc2)C[C@H]1OC(=O)c1cccc(-n2cncn2)c1. The van der Waals surface area contributed by atoms with Gasteiger partial charge in [0.15, 0.2) is 0 Å². The summed E-state index contributed by atoms with van der Waals surface area (Å²) in [4.78, 5) is 16.6. The summed E-state index contributed by atoms with van der Waals surface area (Å²) in [6.07, 6.45) is 3.64. The summed E-state index contributed by atoms with van der Waals surface area (Å²) in [6.45, 7) is 4.72. The van der Waals surface area contributed by atoms with Crippen LogP contribution in [-0.4, -0.2) is 32.9 Å². The van der Waals surface area contributed by atoms with Gasteiger partial charge in [0, 0.05) is 11.8 Å². The molecule has 0 unspecified atom stereocenters. The molecule has 0 N–H and O–H groups in total. The molecule has 28 heavy (non-hydrogen) atoms. The van der Waals surface area contributed by atoms with Crippen molar-refractivity contribution in [2.75, 3.05) is 0 Å². The average Bonchev–Trinajstić information content (AvgIpc) is 3.26.